The van der Waals surface area contributed by atoms with E-state index in [1.165, 1.54) is 16.0 Å². The van der Waals surface area contributed by atoms with Crippen molar-refractivity contribution >= 4 is 17.2 Å². The summed E-state index contributed by atoms with van der Waals surface area (Å²) in [5.74, 6) is -0.119. The Kier molecular flexibility index (Phi) is 5.24. The van der Waals surface area contributed by atoms with E-state index in [0.29, 0.717) is 21.1 Å². The van der Waals surface area contributed by atoms with Crippen LogP contribution in [0.3, 0.4) is 0 Å². The first-order valence-corrected chi connectivity index (χ1v) is 9.68. The number of carbonyl (C=O) groups excluding carboxylic acids is 1. The van der Waals surface area contributed by atoms with Crippen LogP contribution >= 0.6 is 11.3 Å². The number of carbonyl (C=O) groups is 1. The van der Waals surface area contributed by atoms with Gasteiger partial charge in [0, 0.05) is 19.1 Å². The molecule has 3 rings (SSSR count). The largest absolute Gasteiger partial charge is 0.349 e. The van der Waals surface area contributed by atoms with Crippen LogP contribution in [-0.2, 0) is 7.05 Å². The Balaban J connectivity index is 1.88. The number of rotatable bonds is 3. The average Bonchev–Trinajstić information content (AvgIpc) is 2.97. The van der Waals surface area contributed by atoms with Crippen molar-refractivity contribution in [3.8, 4) is 10.6 Å². The zero-order valence-corrected chi connectivity index (χ0v) is 16.4. The summed E-state index contributed by atoms with van der Waals surface area (Å²) >= 11 is 1.27. The highest BCUT2D eigenvalue weighted by Crippen LogP contribution is 2.29. The Bertz CT molecular complexity index is 894. The van der Waals surface area contributed by atoms with Crippen molar-refractivity contribution in [2.45, 2.75) is 58.5 Å². The summed E-state index contributed by atoms with van der Waals surface area (Å²) < 4.78 is 1.32. The van der Waals surface area contributed by atoms with Crippen LogP contribution in [0.4, 0.5) is 0 Å². The molecule has 0 atom stereocenters. The van der Waals surface area contributed by atoms with E-state index in [0.717, 1.165) is 36.9 Å². The van der Waals surface area contributed by atoms with Crippen LogP contribution in [0.5, 0.6) is 0 Å². The molecule has 0 unspecified atom stereocenters. The second kappa shape index (κ2) is 7.28. The fourth-order valence-electron chi connectivity index (χ4n) is 3.33. The number of aromatic nitrogens is 3. The third-order valence-electron chi connectivity index (χ3n) is 5.05. The van der Waals surface area contributed by atoms with E-state index >= 15 is 0 Å². The molecule has 1 aliphatic carbocycles. The van der Waals surface area contributed by atoms with Gasteiger partial charge >= 0.3 is 0 Å². The van der Waals surface area contributed by atoms with E-state index in [1.807, 2.05) is 13.8 Å². The Hall–Kier alpha value is -2.06. The van der Waals surface area contributed by atoms with E-state index in [4.69, 9.17) is 5.73 Å². The van der Waals surface area contributed by atoms with E-state index in [1.54, 1.807) is 14.0 Å². The van der Waals surface area contributed by atoms with Crippen molar-refractivity contribution in [3.05, 3.63) is 32.2 Å². The minimum atomic E-state index is -0.199. The highest BCUT2D eigenvalue weighted by Gasteiger charge is 2.24. The molecule has 1 amide bonds. The zero-order chi connectivity index (χ0) is 19.0. The zero-order valence-electron chi connectivity index (χ0n) is 15.6. The summed E-state index contributed by atoms with van der Waals surface area (Å²) in [6.07, 6.45) is 3.68. The van der Waals surface area contributed by atoms with Crippen LogP contribution in [0, 0.1) is 20.8 Å². The summed E-state index contributed by atoms with van der Waals surface area (Å²) in [6, 6.07) is 0.402. The van der Waals surface area contributed by atoms with Crippen molar-refractivity contribution in [3.63, 3.8) is 0 Å². The molecule has 0 saturated heterocycles. The van der Waals surface area contributed by atoms with Crippen LogP contribution in [0.1, 0.15) is 52.3 Å². The minimum absolute atomic E-state index is 0.119. The second-order valence-corrected chi connectivity index (χ2v) is 8.03. The van der Waals surface area contributed by atoms with Gasteiger partial charge in [-0.2, -0.15) is 5.10 Å². The van der Waals surface area contributed by atoms with Crippen molar-refractivity contribution in [1.82, 2.24) is 20.1 Å². The van der Waals surface area contributed by atoms with Crippen LogP contribution < -0.4 is 16.6 Å². The van der Waals surface area contributed by atoms with E-state index < -0.39 is 0 Å². The van der Waals surface area contributed by atoms with E-state index in [9.17, 15) is 9.59 Å². The van der Waals surface area contributed by atoms with Gasteiger partial charge in [-0.05, 0) is 52.0 Å². The molecule has 0 aliphatic heterocycles. The molecule has 140 valence electrons. The molecule has 2 heterocycles. The third-order valence-corrected chi connectivity index (χ3v) is 6.22. The van der Waals surface area contributed by atoms with Gasteiger partial charge in [-0.3, -0.25) is 9.59 Å². The van der Waals surface area contributed by atoms with Crippen molar-refractivity contribution < 1.29 is 4.79 Å². The topological polar surface area (TPSA) is 103 Å². The predicted molar refractivity (Wildman–Crippen MR) is 102 cm³/mol. The fourth-order valence-corrected chi connectivity index (χ4v) is 4.39. The molecule has 0 aromatic carbocycles. The number of nitrogens with zero attached hydrogens (tertiary/aromatic N) is 3. The summed E-state index contributed by atoms with van der Waals surface area (Å²) in [6.45, 7) is 5.53. The van der Waals surface area contributed by atoms with Crippen molar-refractivity contribution in [2.75, 3.05) is 0 Å². The maximum Gasteiger partial charge on any atom is 0.277 e. The van der Waals surface area contributed by atoms with Gasteiger partial charge in [0.15, 0.2) is 0 Å². The van der Waals surface area contributed by atoms with Gasteiger partial charge in [0.2, 0.25) is 0 Å². The number of amides is 1. The van der Waals surface area contributed by atoms with Crippen LogP contribution in [-0.4, -0.2) is 32.8 Å². The SMILES string of the molecule is Cc1nc(-c2c(C)c(C)nn(C)c2=O)sc1C(=O)NC1CCC(N)CC1. The lowest BCUT2D eigenvalue weighted by atomic mass is 9.92. The summed E-state index contributed by atoms with van der Waals surface area (Å²) in [4.78, 5) is 30.3. The number of nitrogens with two attached hydrogens (primary N) is 1. The molecule has 2 aromatic rings. The number of nitrogens with one attached hydrogen (secondary N) is 1. The normalized spacial score (nSPS) is 20.2. The molecule has 1 fully saturated rings. The first-order valence-electron chi connectivity index (χ1n) is 8.86. The fraction of sp³-hybridized carbons (Fsp3) is 0.556. The standard InChI is InChI=1S/C18H25N5O2S/c1-9-10(2)22-23(4)18(25)14(9)17-20-11(3)15(26-17)16(24)21-13-7-5-12(19)6-8-13/h12-13H,5-8,19H2,1-4H3,(H,21,24). The molecule has 7 nitrogen and oxygen atoms in total. The van der Waals surface area contributed by atoms with E-state index in [2.05, 4.69) is 15.4 Å². The Labute approximate surface area is 156 Å². The molecule has 0 bridgehead atoms. The molecule has 2 aromatic heterocycles. The Morgan fingerprint density at radius 2 is 1.85 bits per heavy atom. The summed E-state index contributed by atoms with van der Waals surface area (Å²) in [5, 5.41) is 7.86. The van der Waals surface area contributed by atoms with Crippen LogP contribution in [0.2, 0.25) is 0 Å². The maximum atomic E-state index is 12.7. The molecule has 0 spiro atoms. The van der Waals surface area contributed by atoms with Gasteiger partial charge < -0.3 is 11.1 Å². The molecule has 3 N–H and O–H groups in total. The Morgan fingerprint density at radius 1 is 1.19 bits per heavy atom. The molecule has 8 heteroatoms. The molecule has 1 aliphatic rings. The molecular weight excluding hydrogens is 350 g/mol. The highest BCUT2D eigenvalue weighted by molar-refractivity contribution is 7.17. The second-order valence-electron chi connectivity index (χ2n) is 7.03. The minimum Gasteiger partial charge on any atom is -0.349 e. The summed E-state index contributed by atoms with van der Waals surface area (Å²) in [7, 11) is 1.63. The van der Waals surface area contributed by atoms with E-state index in [-0.39, 0.29) is 23.6 Å². The van der Waals surface area contributed by atoms with Gasteiger partial charge in [0.1, 0.15) is 9.88 Å². The quantitative estimate of drug-likeness (QED) is 0.852. The monoisotopic (exact) mass is 375 g/mol. The lowest BCUT2D eigenvalue weighted by molar-refractivity contribution is 0.0929. The maximum absolute atomic E-state index is 12.7. The molecule has 1 saturated carbocycles. The Morgan fingerprint density at radius 3 is 2.50 bits per heavy atom. The van der Waals surface area contributed by atoms with Crippen molar-refractivity contribution in [2.24, 2.45) is 12.8 Å². The van der Waals surface area contributed by atoms with Gasteiger partial charge in [-0.1, -0.05) is 0 Å². The molecule has 26 heavy (non-hydrogen) atoms. The lowest BCUT2D eigenvalue weighted by Gasteiger charge is -2.26. The predicted octanol–water partition coefficient (Wildman–Crippen LogP) is 1.83. The van der Waals surface area contributed by atoms with Crippen LogP contribution in [0.15, 0.2) is 4.79 Å². The third kappa shape index (κ3) is 3.57. The van der Waals surface area contributed by atoms with Crippen LogP contribution in [0.25, 0.3) is 10.6 Å². The smallest absolute Gasteiger partial charge is 0.277 e. The summed E-state index contributed by atoms with van der Waals surface area (Å²) in [5.41, 5.74) is 8.47. The number of hydrogen-bond donors (Lipinski definition) is 2. The van der Waals surface area contributed by atoms with Gasteiger partial charge in [0.25, 0.3) is 11.5 Å². The number of aryl methyl sites for hydroxylation is 3. The number of hydrogen-bond acceptors (Lipinski definition) is 6. The van der Waals surface area contributed by atoms with Crippen molar-refractivity contribution in [1.29, 1.82) is 0 Å². The molecular formula is C18H25N5O2S. The van der Waals surface area contributed by atoms with Gasteiger partial charge in [-0.15, -0.1) is 11.3 Å². The highest BCUT2D eigenvalue weighted by atomic mass is 32.1. The number of thiazole rings is 1. The first kappa shape index (κ1) is 18.7. The average molecular weight is 375 g/mol. The first-order chi connectivity index (χ1) is 12.3. The van der Waals surface area contributed by atoms with Gasteiger partial charge in [-0.25, -0.2) is 9.67 Å². The lowest BCUT2D eigenvalue weighted by Crippen LogP contribution is -2.40. The molecule has 0 radical (unpaired) electrons. The van der Waals surface area contributed by atoms with Gasteiger partial charge in [0.05, 0.1) is 17.0 Å².